The Labute approximate surface area is 112 Å². The molecule has 0 heterocycles. The lowest BCUT2D eigenvalue weighted by atomic mass is 9.84. The Morgan fingerprint density at radius 1 is 1.28 bits per heavy atom. The minimum absolute atomic E-state index is 0.184. The van der Waals surface area contributed by atoms with E-state index in [-0.39, 0.29) is 11.3 Å². The van der Waals surface area contributed by atoms with Gasteiger partial charge in [-0.3, -0.25) is 4.79 Å². The molecule has 0 spiro atoms. The highest BCUT2D eigenvalue weighted by Crippen LogP contribution is 2.36. The number of hydrogen-bond acceptors (Lipinski definition) is 2. The first-order valence-corrected chi connectivity index (χ1v) is 7.34. The van der Waals surface area contributed by atoms with E-state index in [9.17, 15) is 4.79 Å². The smallest absolute Gasteiger partial charge is 0.220 e. The lowest BCUT2D eigenvalue weighted by Gasteiger charge is -2.25. The first kappa shape index (κ1) is 15.5. The normalized spacial score (nSPS) is 18.9. The lowest BCUT2D eigenvalue weighted by molar-refractivity contribution is -0.122. The zero-order valence-electron chi connectivity index (χ0n) is 12.3. The molecule has 1 aliphatic rings. The summed E-state index contributed by atoms with van der Waals surface area (Å²) in [5, 5.41) is 3.11. The zero-order chi connectivity index (χ0) is 13.6. The Balaban J connectivity index is 2.21. The van der Waals surface area contributed by atoms with Crippen molar-refractivity contribution in [2.45, 2.75) is 65.7 Å². The maximum atomic E-state index is 11.9. The number of carbonyl (C=O) groups excluding carboxylic acids is 1. The van der Waals surface area contributed by atoms with Crippen LogP contribution in [0.1, 0.15) is 65.7 Å². The van der Waals surface area contributed by atoms with Crippen LogP contribution in [0.3, 0.4) is 0 Å². The van der Waals surface area contributed by atoms with E-state index in [4.69, 9.17) is 5.73 Å². The van der Waals surface area contributed by atoms with Crippen molar-refractivity contribution in [3.05, 3.63) is 0 Å². The first-order chi connectivity index (χ1) is 8.37. The summed E-state index contributed by atoms with van der Waals surface area (Å²) in [4.78, 5) is 11.9. The molecule has 0 saturated heterocycles. The van der Waals surface area contributed by atoms with Crippen LogP contribution in [0, 0.1) is 10.8 Å². The topological polar surface area (TPSA) is 55.1 Å². The Morgan fingerprint density at radius 3 is 2.44 bits per heavy atom. The molecule has 106 valence electrons. The predicted molar refractivity (Wildman–Crippen MR) is 76.3 cm³/mol. The third-order valence-electron chi connectivity index (χ3n) is 4.37. The number of rotatable bonds is 7. The third-order valence-corrected chi connectivity index (χ3v) is 4.37. The molecule has 1 rings (SSSR count). The van der Waals surface area contributed by atoms with E-state index in [1.165, 1.54) is 25.7 Å². The molecule has 0 radical (unpaired) electrons. The van der Waals surface area contributed by atoms with Crippen LogP contribution in [0.25, 0.3) is 0 Å². The highest BCUT2D eigenvalue weighted by molar-refractivity contribution is 5.75. The Kier molecular flexibility index (Phi) is 5.64. The van der Waals surface area contributed by atoms with E-state index in [0.717, 1.165) is 19.4 Å². The van der Waals surface area contributed by atoms with Crippen LogP contribution in [0.4, 0.5) is 0 Å². The molecule has 0 aromatic carbocycles. The van der Waals surface area contributed by atoms with E-state index >= 15 is 0 Å². The van der Waals surface area contributed by atoms with Gasteiger partial charge in [0, 0.05) is 13.0 Å². The molecule has 0 aromatic heterocycles. The molecule has 0 unspecified atom stereocenters. The van der Waals surface area contributed by atoms with Gasteiger partial charge in [-0.15, -0.1) is 0 Å². The van der Waals surface area contributed by atoms with Crippen LogP contribution in [0.5, 0.6) is 0 Å². The van der Waals surface area contributed by atoms with E-state index < -0.39 is 0 Å². The fourth-order valence-corrected chi connectivity index (χ4v) is 2.77. The number of amides is 1. The Hall–Kier alpha value is -0.570. The largest absolute Gasteiger partial charge is 0.356 e. The van der Waals surface area contributed by atoms with Crippen LogP contribution in [-0.2, 0) is 4.79 Å². The van der Waals surface area contributed by atoms with Gasteiger partial charge >= 0.3 is 0 Å². The molecule has 1 saturated carbocycles. The van der Waals surface area contributed by atoms with Crippen molar-refractivity contribution in [2.75, 3.05) is 13.1 Å². The van der Waals surface area contributed by atoms with Crippen LogP contribution in [-0.4, -0.2) is 19.0 Å². The molecule has 0 bridgehead atoms. The molecule has 0 atom stereocenters. The summed E-state index contributed by atoms with van der Waals surface area (Å²) >= 11 is 0. The predicted octanol–water partition coefficient (Wildman–Crippen LogP) is 2.84. The summed E-state index contributed by atoms with van der Waals surface area (Å²) in [6.45, 7) is 8.21. The Morgan fingerprint density at radius 2 is 1.89 bits per heavy atom. The van der Waals surface area contributed by atoms with Gasteiger partial charge in [0.25, 0.3) is 0 Å². The van der Waals surface area contributed by atoms with Crippen molar-refractivity contribution < 1.29 is 4.79 Å². The van der Waals surface area contributed by atoms with Crippen molar-refractivity contribution in [1.82, 2.24) is 5.32 Å². The molecule has 0 aromatic rings. The van der Waals surface area contributed by atoms with Crippen LogP contribution >= 0.6 is 0 Å². The van der Waals surface area contributed by atoms with Gasteiger partial charge in [-0.1, -0.05) is 33.6 Å². The van der Waals surface area contributed by atoms with Gasteiger partial charge in [-0.05, 0) is 43.1 Å². The van der Waals surface area contributed by atoms with Crippen molar-refractivity contribution in [1.29, 1.82) is 0 Å². The average molecular weight is 254 g/mol. The fraction of sp³-hybridized carbons (Fsp3) is 0.933. The Bertz CT molecular complexity index is 268. The maximum absolute atomic E-state index is 11.9. The van der Waals surface area contributed by atoms with Crippen molar-refractivity contribution in [3.63, 3.8) is 0 Å². The second-order valence-corrected chi connectivity index (χ2v) is 7.00. The lowest BCUT2D eigenvalue weighted by Crippen LogP contribution is -2.34. The second kappa shape index (κ2) is 6.55. The molecule has 3 heteroatoms. The van der Waals surface area contributed by atoms with Gasteiger partial charge < -0.3 is 11.1 Å². The highest BCUT2D eigenvalue weighted by atomic mass is 16.1. The number of hydrogen-bond donors (Lipinski definition) is 2. The molecular formula is C15H30N2O. The standard InChI is InChI=1S/C15H30N2O/c1-14(2,10-11-16)9-6-13(18)17-12-15(3)7-4-5-8-15/h4-12,16H2,1-3H3,(H,17,18). The molecule has 1 amide bonds. The zero-order valence-corrected chi connectivity index (χ0v) is 12.3. The van der Waals surface area contributed by atoms with E-state index in [0.29, 0.717) is 18.4 Å². The van der Waals surface area contributed by atoms with Gasteiger partial charge in [0.05, 0.1) is 0 Å². The molecule has 1 aliphatic carbocycles. The summed E-state index contributed by atoms with van der Waals surface area (Å²) in [7, 11) is 0. The summed E-state index contributed by atoms with van der Waals surface area (Å²) in [6.07, 6.45) is 7.68. The first-order valence-electron chi connectivity index (χ1n) is 7.34. The molecule has 1 fully saturated rings. The minimum Gasteiger partial charge on any atom is -0.356 e. The van der Waals surface area contributed by atoms with Crippen LogP contribution in [0.15, 0.2) is 0 Å². The maximum Gasteiger partial charge on any atom is 0.220 e. The van der Waals surface area contributed by atoms with Crippen molar-refractivity contribution in [3.8, 4) is 0 Å². The molecule has 3 N–H and O–H groups in total. The SMILES string of the molecule is CC(C)(CCN)CCC(=O)NCC1(C)CCCC1. The van der Waals surface area contributed by atoms with Gasteiger partial charge in [0.2, 0.25) is 5.91 Å². The van der Waals surface area contributed by atoms with Crippen molar-refractivity contribution >= 4 is 5.91 Å². The van der Waals surface area contributed by atoms with Crippen LogP contribution in [0.2, 0.25) is 0 Å². The molecule has 18 heavy (non-hydrogen) atoms. The highest BCUT2D eigenvalue weighted by Gasteiger charge is 2.29. The third kappa shape index (κ3) is 5.38. The summed E-state index contributed by atoms with van der Waals surface area (Å²) in [6, 6.07) is 0. The summed E-state index contributed by atoms with van der Waals surface area (Å²) in [5.74, 6) is 0.202. The van der Waals surface area contributed by atoms with E-state index in [1.54, 1.807) is 0 Å². The molecule has 3 nitrogen and oxygen atoms in total. The van der Waals surface area contributed by atoms with Gasteiger partial charge in [-0.25, -0.2) is 0 Å². The van der Waals surface area contributed by atoms with Gasteiger partial charge in [0.15, 0.2) is 0 Å². The van der Waals surface area contributed by atoms with Gasteiger partial charge in [-0.2, -0.15) is 0 Å². The number of nitrogens with two attached hydrogens (primary N) is 1. The summed E-state index contributed by atoms with van der Waals surface area (Å²) < 4.78 is 0. The van der Waals surface area contributed by atoms with Crippen LogP contribution < -0.4 is 11.1 Å². The second-order valence-electron chi connectivity index (χ2n) is 7.00. The quantitative estimate of drug-likeness (QED) is 0.734. The monoisotopic (exact) mass is 254 g/mol. The van der Waals surface area contributed by atoms with Gasteiger partial charge in [0.1, 0.15) is 0 Å². The fourth-order valence-electron chi connectivity index (χ4n) is 2.77. The summed E-state index contributed by atoms with van der Waals surface area (Å²) in [5.41, 5.74) is 6.11. The molecule has 0 aliphatic heterocycles. The molecular weight excluding hydrogens is 224 g/mol. The minimum atomic E-state index is 0.184. The van der Waals surface area contributed by atoms with E-state index in [2.05, 4.69) is 26.1 Å². The number of carbonyl (C=O) groups is 1. The number of nitrogens with one attached hydrogen (secondary N) is 1. The van der Waals surface area contributed by atoms with E-state index in [1.807, 2.05) is 0 Å². The van der Waals surface area contributed by atoms with Crippen molar-refractivity contribution in [2.24, 2.45) is 16.6 Å². The average Bonchev–Trinajstić information content (AvgIpc) is 2.72.